The van der Waals surface area contributed by atoms with Gasteiger partial charge in [-0.2, -0.15) is 0 Å². The highest BCUT2D eigenvalue weighted by Crippen LogP contribution is 2.37. The lowest BCUT2D eigenvalue weighted by atomic mass is 10.2. The van der Waals surface area contributed by atoms with E-state index < -0.39 is 5.91 Å². The Balaban J connectivity index is 2.26. The molecule has 0 bridgehead atoms. The van der Waals surface area contributed by atoms with Crippen LogP contribution in [0.3, 0.4) is 0 Å². The average Bonchev–Trinajstić information content (AvgIpc) is 2.47. The van der Waals surface area contributed by atoms with Crippen LogP contribution in [0.4, 0.5) is 0 Å². The highest BCUT2D eigenvalue weighted by Gasteiger charge is 2.15. The summed E-state index contributed by atoms with van der Waals surface area (Å²) >= 11 is 6.15. The van der Waals surface area contributed by atoms with Crippen LogP contribution < -0.4 is 15.2 Å². The first-order chi connectivity index (χ1) is 10.1. The summed E-state index contributed by atoms with van der Waals surface area (Å²) in [6, 6.07) is 6.69. The standard InChI is InChI=1S/C15H15ClN2O3/c1-2-20-13-7-11(15(17)19)6-12(16)14(13)21-9-10-4-3-5-18-8-10/h3-8H,2,9H2,1H3,(H2,17,19). The third-order valence-electron chi connectivity index (χ3n) is 2.70. The van der Waals surface area contributed by atoms with Gasteiger partial charge in [0, 0.05) is 23.5 Å². The van der Waals surface area contributed by atoms with E-state index in [1.54, 1.807) is 12.4 Å². The number of halogens is 1. The Morgan fingerprint density at radius 2 is 2.19 bits per heavy atom. The van der Waals surface area contributed by atoms with E-state index in [1.165, 1.54) is 12.1 Å². The molecule has 5 nitrogen and oxygen atoms in total. The fourth-order valence-electron chi connectivity index (χ4n) is 1.75. The van der Waals surface area contributed by atoms with Crippen LogP contribution in [0.5, 0.6) is 11.5 Å². The summed E-state index contributed by atoms with van der Waals surface area (Å²) in [5, 5.41) is 0.277. The fourth-order valence-corrected chi connectivity index (χ4v) is 2.02. The molecule has 0 aliphatic heterocycles. The van der Waals surface area contributed by atoms with E-state index in [-0.39, 0.29) is 10.6 Å². The molecule has 110 valence electrons. The minimum atomic E-state index is -0.573. The number of aromatic nitrogens is 1. The van der Waals surface area contributed by atoms with Gasteiger partial charge in [-0.05, 0) is 25.1 Å². The van der Waals surface area contributed by atoms with Crippen molar-refractivity contribution < 1.29 is 14.3 Å². The van der Waals surface area contributed by atoms with Gasteiger partial charge in [-0.3, -0.25) is 9.78 Å². The largest absolute Gasteiger partial charge is 0.490 e. The summed E-state index contributed by atoms with van der Waals surface area (Å²) in [7, 11) is 0. The first kappa shape index (κ1) is 15.1. The number of carbonyl (C=O) groups is 1. The van der Waals surface area contributed by atoms with Crippen molar-refractivity contribution in [1.82, 2.24) is 4.98 Å². The van der Waals surface area contributed by atoms with Gasteiger partial charge in [0.15, 0.2) is 11.5 Å². The summed E-state index contributed by atoms with van der Waals surface area (Å²) in [5.41, 5.74) is 6.43. The van der Waals surface area contributed by atoms with Crippen LogP contribution in [0.2, 0.25) is 5.02 Å². The summed E-state index contributed by atoms with van der Waals surface area (Å²) in [6.45, 7) is 2.54. The van der Waals surface area contributed by atoms with Crippen LogP contribution in [0.1, 0.15) is 22.8 Å². The maximum absolute atomic E-state index is 11.3. The van der Waals surface area contributed by atoms with Gasteiger partial charge in [0.1, 0.15) is 6.61 Å². The number of hydrogen-bond acceptors (Lipinski definition) is 4. The van der Waals surface area contributed by atoms with Crippen LogP contribution in [-0.2, 0) is 6.61 Å². The van der Waals surface area contributed by atoms with Crippen molar-refractivity contribution in [2.24, 2.45) is 5.73 Å². The van der Waals surface area contributed by atoms with E-state index in [9.17, 15) is 4.79 Å². The van der Waals surface area contributed by atoms with E-state index >= 15 is 0 Å². The summed E-state index contributed by atoms with van der Waals surface area (Å²) in [6.07, 6.45) is 3.38. The Morgan fingerprint density at radius 1 is 1.38 bits per heavy atom. The van der Waals surface area contributed by atoms with Crippen molar-refractivity contribution in [2.45, 2.75) is 13.5 Å². The number of carbonyl (C=O) groups excluding carboxylic acids is 1. The van der Waals surface area contributed by atoms with Crippen molar-refractivity contribution in [3.63, 3.8) is 0 Å². The van der Waals surface area contributed by atoms with E-state index in [0.717, 1.165) is 5.56 Å². The number of benzene rings is 1. The van der Waals surface area contributed by atoms with Crippen molar-refractivity contribution in [3.8, 4) is 11.5 Å². The van der Waals surface area contributed by atoms with Gasteiger partial charge in [0.05, 0.1) is 11.6 Å². The zero-order valence-electron chi connectivity index (χ0n) is 11.5. The van der Waals surface area contributed by atoms with Crippen molar-refractivity contribution >= 4 is 17.5 Å². The van der Waals surface area contributed by atoms with Gasteiger partial charge >= 0.3 is 0 Å². The second kappa shape index (κ2) is 6.95. The first-order valence-electron chi connectivity index (χ1n) is 6.39. The van der Waals surface area contributed by atoms with Crippen molar-refractivity contribution in [2.75, 3.05) is 6.61 Å². The molecule has 6 heteroatoms. The number of pyridine rings is 1. The number of primary amides is 1. The Hall–Kier alpha value is -2.27. The van der Waals surface area contributed by atoms with Crippen LogP contribution in [0.25, 0.3) is 0 Å². The zero-order chi connectivity index (χ0) is 15.2. The molecule has 0 spiro atoms. The third-order valence-corrected chi connectivity index (χ3v) is 2.98. The molecule has 0 aliphatic rings. The molecule has 1 aromatic carbocycles. The van der Waals surface area contributed by atoms with Crippen molar-refractivity contribution in [1.29, 1.82) is 0 Å². The summed E-state index contributed by atoms with van der Waals surface area (Å²) < 4.78 is 11.2. The maximum atomic E-state index is 11.3. The molecule has 0 atom stereocenters. The highest BCUT2D eigenvalue weighted by atomic mass is 35.5. The first-order valence-corrected chi connectivity index (χ1v) is 6.77. The summed E-state index contributed by atoms with van der Waals surface area (Å²) in [4.78, 5) is 15.3. The number of hydrogen-bond donors (Lipinski definition) is 1. The van der Waals surface area contributed by atoms with E-state index in [2.05, 4.69) is 4.98 Å². The molecule has 2 rings (SSSR count). The second-order valence-corrected chi connectivity index (χ2v) is 4.64. The quantitative estimate of drug-likeness (QED) is 0.890. The lowest BCUT2D eigenvalue weighted by Crippen LogP contribution is -2.11. The summed E-state index contributed by atoms with van der Waals surface area (Å²) in [5.74, 6) is 0.201. The zero-order valence-corrected chi connectivity index (χ0v) is 12.3. The van der Waals surface area contributed by atoms with Crippen LogP contribution in [0.15, 0.2) is 36.7 Å². The van der Waals surface area contributed by atoms with Crippen LogP contribution >= 0.6 is 11.6 Å². The predicted octanol–water partition coefficient (Wildman–Crippen LogP) is 2.81. The molecule has 0 radical (unpaired) electrons. The third kappa shape index (κ3) is 3.86. The maximum Gasteiger partial charge on any atom is 0.248 e. The second-order valence-electron chi connectivity index (χ2n) is 4.23. The van der Waals surface area contributed by atoms with Gasteiger partial charge in [0.2, 0.25) is 5.91 Å². The molecular weight excluding hydrogens is 292 g/mol. The Kier molecular flexibility index (Phi) is 5.00. The predicted molar refractivity (Wildman–Crippen MR) is 79.7 cm³/mol. The monoisotopic (exact) mass is 306 g/mol. The normalized spacial score (nSPS) is 10.2. The molecule has 21 heavy (non-hydrogen) atoms. The average molecular weight is 307 g/mol. The molecule has 2 N–H and O–H groups in total. The smallest absolute Gasteiger partial charge is 0.248 e. The molecule has 1 heterocycles. The van der Waals surface area contributed by atoms with Crippen LogP contribution in [-0.4, -0.2) is 17.5 Å². The number of nitrogens with zero attached hydrogens (tertiary/aromatic N) is 1. The Bertz CT molecular complexity index is 632. The number of ether oxygens (including phenoxy) is 2. The molecule has 0 saturated heterocycles. The molecule has 0 aliphatic carbocycles. The minimum Gasteiger partial charge on any atom is -0.490 e. The Labute approximate surface area is 127 Å². The Morgan fingerprint density at radius 3 is 2.81 bits per heavy atom. The highest BCUT2D eigenvalue weighted by molar-refractivity contribution is 6.32. The lowest BCUT2D eigenvalue weighted by molar-refractivity contribution is 0.0999. The van der Waals surface area contributed by atoms with Gasteiger partial charge in [-0.15, -0.1) is 0 Å². The lowest BCUT2D eigenvalue weighted by Gasteiger charge is -2.14. The molecular formula is C15H15ClN2O3. The molecule has 0 saturated carbocycles. The number of amides is 1. The minimum absolute atomic E-state index is 0.275. The molecule has 0 fully saturated rings. The van der Waals surface area contributed by atoms with E-state index in [1.807, 2.05) is 19.1 Å². The molecule has 0 unspecified atom stereocenters. The van der Waals surface area contributed by atoms with Gasteiger partial charge in [-0.25, -0.2) is 0 Å². The molecule has 2 aromatic rings. The van der Waals surface area contributed by atoms with Gasteiger partial charge in [0.25, 0.3) is 0 Å². The van der Waals surface area contributed by atoms with E-state index in [4.69, 9.17) is 26.8 Å². The molecule has 1 aromatic heterocycles. The SMILES string of the molecule is CCOc1cc(C(N)=O)cc(Cl)c1OCc1cccnc1. The van der Waals surface area contributed by atoms with E-state index in [0.29, 0.717) is 24.7 Å². The van der Waals surface area contributed by atoms with Gasteiger partial charge < -0.3 is 15.2 Å². The molecule has 1 amide bonds. The topological polar surface area (TPSA) is 74.4 Å². The van der Waals surface area contributed by atoms with Gasteiger partial charge in [-0.1, -0.05) is 17.7 Å². The number of nitrogens with two attached hydrogens (primary N) is 1. The van der Waals surface area contributed by atoms with Crippen molar-refractivity contribution in [3.05, 3.63) is 52.8 Å². The number of rotatable bonds is 6. The van der Waals surface area contributed by atoms with Crippen LogP contribution in [0, 0.1) is 0 Å². The fraction of sp³-hybridized carbons (Fsp3) is 0.200.